The van der Waals surface area contributed by atoms with Gasteiger partial charge in [0, 0.05) is 12.7 Å². The summed E-state index contributed by atoms with van der Waals surface area (Å²) in [6.07, 6.45) is 1.52. The molecule has 9 heteroatoms. The van der Waals surface area contributed by atoms with Crippen molar-refractivity contribution in [2.45, 2.75) is 18.5 Å². The van der Waals surface area contributed by atoms with Gasteiger partial charge in [0.2, 0.25) is 5.13 Å². The van der Waals surface area contributed by atoms with Crippen molar-refractivity contribution in [3.63, 3.8) is 0 Å². The molecule has 0 aliphatic heterocycles. The smallest absolute Gasteiger partial charge is 0.281 e. The highest BCUT2D eigenvalue weighted by molar-refractivity contribution is 7.92. The Labute approximate surface area is 115 Å². The van der Waals surface area contributed by atoms with Crippen LogP contribution in [0.15, 0.2) is 23.4 Å². The van der Waals surface area contributed by atoms with Gasteiger partial charge in [-0.15, -0.1) is 10.2 Å². The molecule has 0 bridgehead atoms. The van der Waals surface area contributed by atoms with E-state index in [-0.39, 0.29) is 10.2 Å². The van der Waals surface area contributed by atoms with Crippen molar-refractivity contribution < 1.29 is 8.42 Å². The first kappa shape index (κ1) is 13.8. The summed E-state index contributed by atoms with van der Waals surface area (Å²) in [6.45, 7) is 2.39. The number of aromatic nitrogens is 3. The Bertz CT molecular complexity index is 651. The fourth-order valence-electron chi connectivity index (χ4n) is 1.38. The Kier molecular flexibility index (Phi) is 4.08. The molecule has 0 aliphatic rings. The van der Waals surface area contributed by atoms with Crippen LogP contribution in [-0.2, 0) is 16.6 Å². The van der Waals surface area contributed by atoms with Crippen LogP contribution in [0.5, 0.6) is 0 Å². The van der Waals surface area contributed by atoms with Gasteiger partial charge >= 0.3 is 0 Å². The van der Waals surface area contributed by atoms with E-state index in [1.807, 2.05) is 7.05 Å². The average molecular weight is 299 g/mol. The first-order chi connectivity index (χ1) is 9.01. The van der Waals surface area contributed by atoms with Gasteiger partial charge in [0.05, 0.1) is 0 Å². The van der Waals surface area contributed by atoms with Crippen LogP contribution in [0.3, 0.4) is 0 Å². The molecule has 0 spiro atoms. The van der Waals surface area contributed by atoms with Crippen LogP contribution >= 0.6 is 11.3 Å². The fourth-order valence-corrected chi connectivity index (χ4v) is 3.14. The topological polar surface area (TPSA) is 96.9 Å². The molecule has 2 rings (SSSR count). The second-order valence-corrected chi connectivity index (χ2v) is 6.58. The lowest BCUT2D eigenvalue weighted by Gasteiger charge is -2.05. The fraction of sp³-hybridized carbons (Fsp3) is 0.300. The molecule has 0 aromatic carbocycles. The van der Waals surface area contributed by atoms with Gasteiger partial charge in [-0.05, 0) is 25.6 Å². The molecule has 0 radical (unpaired) electrons. The number of aryl methyl sites for hydroxylation is 1. The van der Waals surface area contributed by atoms with Crippen LogP contribution < -0.4 is 10.0 Å². The lowest BCUT2D eigenvalue weighted by Crippen LogP contribution is -2.15. The van der Waals surface area contributed by atoms with E-state index < -0.39 is 10.0 Å². The second kappa shape index (κ2) is 5.59. The molecule has 0 aliphatic carbocycles. The summed E-state index contributed by atoms with van der Waals surface area (Å²) in [5.74, 6) is 0. The van der Waals surface area contributed by atoms with E-state index in [4.69, 9.17) is 0 Å². The lowest BCUT2D eigenvalue weighted by atomic mass is 10.3. The monoisotopic (exact) mass is 299 g/mol. The van der Waals surface area contributed by atoms with E-state index in [0.717, 1.165) is 5.56 Å². The van der Waals surface area contributed by atoms with Crippen molar-refractivity contribution in [3.05, 3.63) is 28.9 Å². The molecule has 7 nitrogen and oxygen atoms in total. The lowest BCUT2D eigenvalue weighted by molar-refractivity contribution is 0.597. The zero-order chi connectivity index (χ0) is 13.9. The van der Waals surface area contributed by atoms with Crippen LogP contribution in [-0.4, -0.2) is 30.6 Å². The molecular weight excluding hydrogens is 286 g/mol. The summed E-state index contributed by atoms with van der Waals surface area (Å²) in [4.78, 5) is 3.94. The van der Waals surface area contributed by atoms with Gasteiger partial charge in [-0.2, -0.15) is 8.42 Å². The minimum atomic E-state index is -3.71. The van der Waals surface area contributed by atoms with E-state index in [1.54, 1.807) is 13.0 Å². The van der Waals surface area contributed by atoms with E-state index in [2.05, 4.69) is 25.2 Å². The van der Waals surface area contributed by atoms with Crippen LogP contribution in [0.4, 0.5) is 5.13 Å². The zero-order valence-electron chi connectivity index (χ0n) is 10.4. The van der Waals surface area contributed by atoms with E-state index >= 15 is 0 Å². The number of nitrogens with one attached hydrogen (secondary N) is 2. The van der Waals surface area contributed by atoms with Gasteiger partial charge in [0.15, 0.2) is 5.03 Å². The summed E-state index contributed by atoms with van der Waals surface area (Å²) < 4.78 is 26.4. The Balaban J connectivity index is 2.19. The molecule has 0 atom stereocenters. The summed E-state index contributed by atoms with van der Waals surface area (Å²) in [5.41, 5.74) is 0.910. The van der Waals surface area contributed by atoms with Gasteiger partial charge in [-0.3, -0.25) is 4.72 Å². The highest BCUT2D eigenvalue weighted by Gasteiger charge is 2.17. The Morgan fingerprint density at radius 2 is 2.11 bits per heavy atom. The molecule has 2 heterocycles. The molecule has 0 fully saturated rings. The van der Waals surface area contributed by atoms with E-state index in [1.165, 1.54) is 23.6 Å². The molecule has 2 aromatic heterocycles. The first-order valence-electron chi connectivity index (χ1n) is 5.44. The second-order valence-electron chi connectivity index (χ2n) is 3.77. The Morgan fingerprint density at radius 1 is 1.32 bits per heavy atom. The number of rotatable bonds is 5. The van der Waals surface area contributed by atoms with Gasteiger partial charge in [-0.25, -0.2) is 4.98 Å². The quantitative estimate of drug-likeness (QED) is 0.846. The van der Waals surface area contributed by atoms with E-state index in [0.29, 0.717) is 11.6 Å². The third-order valence-electron chi connectivity index (χ3n) is 2.20. The first-order valence-corrected chi connectivity index (χ1v) is 7.73. The molecule has 0 unspecified atom stereocenters. The number of hydrogen-bond donors (Lipinski definition) is 2. The summed E-state index contributed by atoms with van der Waals surface area (Å²) in [6, 6.07) is 3.17. The van der Waals surface area contributed by atoms with Crippen molar-refractivity contribution >= 4 is 26.5 Å². The maximum absolute atomic E-state index is 12.0. The molecule has 2 aromatic rings. The minimum absolute atomic E-state index is 0.0415. The minimum Gasteiger partial charge on any atom is -0.316 e. The Morgan fingerprint density at radius 3 is 2.63 bits per heavy atom. The van der Waals surface area contributed by atoms with Gasteiger partial charge in [-0.1, -0.05) is 17.4 Å². The largest absolute Gasteiger partial charge is 0.316 e. The van der Waals surface area contributed by atoms with Crippen LogP contribution in [0.1, 0.15) is 10.6 Å². The predicted octanol–water partition coefficient (Wildman–Crippen LogP) is 0.762. The van der Waals surface area contributed by atoms with Crippen molar-refractivity contribution in [2.75, 3.05) is 11.8 Å². The third-order valence-corrected chi connectivity index (χ3v) is 4.34. The van der Waals surface area contributed by atoms with Gasteiger partial charge in [0.1, 0.15) is 5.01 Å². The van der Waals surface area contributed by atoms with Crippen LogP contribution in [0.2, 0.25) is 0 Å². The summed E-state index contributed by atoms with van der Waals surface area (Å²) in [5, 5.41) is 11.3. The SMILES string of the molecule is CNCc1ccc(S(=O)(=O)Nc2nnc(C)s2)nc1. The number of hydrogen-bond acceptors (Lipinski definition) is 7. The van der Waals surface area contributed by atoms with Gasteiger partial charge in [0.25, 0.3) is 10.0 Å². The van der Waals surface area contributed by atoms with Crippen LogP contribution in [0, 0.1) is 6.92 Å². The van der Waals surface area contributed by atoms with Crippen molar-refractivity contribution in [1.82, 2.24) is 20.5 Å². The summed E-state index contributed by atoms with van der Waals surface area (Å²) >= 11 is 1.17. The summed E-state index contributed by atoms with van der Waals surface area (Å²) in [7, 11) is -1.90. The van der Waals surface area contributed by atoms with Crippen molar-refractivity contribution in [2.24, 2.45) is 0 Å². The standard InChI is InChI=1S/C10H13N5O2S2/c1-7-13-14-10(18-7)15-19(16,17)9-4-3-8(5-11-2)6-12-9/h3-4,6,11H,5H2,1-2H3,(H,14,15). The van der Waals surface area contributed by atoms with Crippen molar-refractivity contribution in [1.29, 1.82) is 0 Å². The maximum Gasteiger partial charge on any atom is 0.281 e. The molecule has 2 N–H and O–H groups in total. The van der Waals surface area contributed by atoms with E-state index in [9.17, 15) is 8.42 Å². The van der Waals surface area contributed by atoms with Gasteiger partial charge < -0.3 is 5.32 Å². The highest BCUT2D eigenvalue weighted by atomic mass is 32.2. The number of anilines is 1. The molecule has 0 amide bonds. The molecule has 102 valence electrons. The highest BCUT2D eigenvalue weighted by Crippen LogP contribution is 2.18. The molecule has 0 saturated heterocycles. The molecule has 19 heavy (non-hydrogen) atoms. The number of sulfonamides is 1. The average Bonchev–Trinajstić information content (AvgIpc) is 2.75. The Hall–Kier alpha value is -1.58. The number of pyridine rings is 1. The predicted molar refractivity (Wildman–Crippen MR) is 72.5 cm³/mol. The van der Waals surface area contributed by atoms with Crippen molar-refractivity contribution in [3.8, 4) is 0 Å². The zero-order valence-corrected chi connectivity index (χ0v) is 12.0. The normalized spacial score (nSPS) is 11.5. The number of nitrogens with zero attached hydrogens (tertiary/aromatic N) is 3. The third kappa shape index (κ3) is 3.46. The van der Waals surface area contributed by atoms with Crippen LogP contribution in [0.25, 0.3) is 0 Å². The maximum atomic E-state index is 12.0. The molecule has 0 saturated carbocycles. The molecular formula is C10H13N5O2S2.